The predicted octanol–water partition coefficient (Wildman–Crippen LogP) is 2.95. The smallest absolute Gasteiger partial charge is 0.200 e. The predicted molar refractivity (Wildman–Crippen MR) is 108 cm³/mol. The van der Waals surface area contributed by atoms with E-state index in [0.29, 0.717) is 30.5 Å². The van der Waals surface area contributed by atoms with Crippen LogP contribution in [-0.2, 0) is 13.1 Å². The van der Waals surface area contributed by atoms with Crippen molar-refractivity contribution in [2.75, 3.05) is 21.3 Å². The number of methoxy groups -OCH3 is 2. The van der Waals surface area contributed by atoms with Crippen LogP contribution in [0.15, 0.2) is 34.0 Å². The quantitative estimate of drug-likeness (QED) is 0.349. The molecule has 0 bridgehead atoms. The van der Waals surface area contributed by atoms with Gasteiger partial charge < -0.3 is 25.2 Å². The van der Waals surface area contributed by atoms with Crippen LogP contribution < -0.4 is 20.1 Å². The number of rotatable bonds is 6. The number of hydrogen-bond acceptors (Lipinski definition) is 5. The molecule has 1 aromatic heterocycles. The molecule has 0 saturated heterocycles. The van der Waals surface area contributed by atoms with Gasteiger partial charge in [-0.15, -0.1) is 24.0 Å². The van der Waals surface area contributed by atoms with E-state index >= 15 is 0 Å². The molecule has 0 unspecified atom stereocenters. The molecule has 0 amide bonds. The number of hydrogen-bond donors (Lipinski definition) is 3. The van der Waals surface area contributed by atoms with E-state index in [1.54, 1.807) is 30.5 Å². The molecule has 2 rings (SSSR count). The van der Waals surface area contributed by atoms with Gasteiger partial charge in [-0.1, -0.05) is 0 Å². The number of benzene rings is 1. The zero-order valence-corrected chi connectivity index (χ0v) is 17.0. The number of phenols is 1. The first-order valence-electron chi connectivity index (χ1n) is 7.07. The van der Waals surface area contributed by atoms with E-state index in [1.165, 1.54) is 19.8 Å². The number of aliphatic imine (C=N–C) groups is 1. The van der Waals surface area contributed by atoms with Crippen LogP contribution in [0.1, 0.15) is 11.1 Å². The zero-order valence-electron chi connectivity index (χ0n) is 13.8. The van der Waals surface area contributed by atoms with Crippen LogP contribution in [0, 0.1) is 0 Å². The summed E-state index contributed by atoms with van der Waals surface area (Å²) in [6.45, 7) is 1.24. The van der Waals surface area contributed by atoms with E-state index in [-0.39, 0.29) is 29.7 Å². The van der Waals surface area contributed by atoms with Crippen LogP contribution in [0.4, 0.5) is 0 Å². The SMILES string of the molecule is CN=C(NCc1ccsc1)NCc1cc(OC)c(O)c(OC)c1.I. The number of thiophene rings is 1. The van der Waals surface area contributed by atoms with Crippen molar-refractivity contribution in [3.63, 3.8) is 0 Å². The maximum atomic E-state index is 9.92. The molecule has 8 heteroatoms. The number of phenolic OH excluding ortho intramolecular Hbond substituents is 1. The second kappa shape index (κ2) is 10.2. The molecule has 2 aromatic rings. The van der Waals surface area contributed by atoms with Gasteiger partial charge in [0.05, 0.1) is 14.2 Å². The lowest BCUT2D eigenvalue weighted by Gasteiger charge is -2.14. The fraction of sp³-hybridized carbons (Fsp3) is 0.312. The molecule has 24 heavy (non-hydrogen) atoms. The minimum Gasteiger partial charge on any atom is -0.502 e. The minimum absolute atomic E-state index is 0. The highest BCUT2D eigenvalue weighted by Gasteiger charge is 2.11. The van der Waals surface area contributed by atoms with Crippen molar-refractivity contribution in [2.24, 2.45) is 4.99 Å². The average Bonchev–Trinajstić information content (AvgIpc) is 3.09. The van der Waals surface area contributed by atoms with Gasteiger partial charge in [-0.25, -0.2) is 0 Å². The van der Waals surface area contributed by atoms with Gasteiger partial charge in [0, 0.05) is 20.1 Å². The van der Waals surface area contributed by atoms with Crippen molar-refractivity contribution < 1.29 is 14.6 Å². The summed E-state index contributed by atoms with van der Waals surface area (Å²) in [5.41, 5.74) is 2.13. The Labute approximate surface area is 162 Å². The Balaban J connectivity index is 0.00000288. The molecule has 0 atom stereocenters. The Morgan fingerprint density at radius 2 is 1.71 bits per heavy atom. The molecule has 0 saturated carbocycles. The molecule has 1 aromatic carbocycles. The number of halogens is 1. The normalized spacial score (nSPS) is 10.7. The van der Waals surface area contributed by atoms with Crippen molar-refractivity contribution in [1.29, 1.82) is 0 Å². The first-order chi connectivity index (χ1) is 11.2. The Hall–Kier alpha value is -1.68. The van der Waals surface area contributed by atoms with Gasteiger partial charge in [0.25, 0.3) is 0 Å². The third kappa shape index (κ3) is 5.45. The van der Waals surface area contributed by atoms with E-state index < -0.39 is 0 Å². The lowest BCUT2D eigenvalue weighted by Crippen LogP contribution is -2.36. The first-order valence-corrected chi connectivity index (χ1v) is 8.01. The fourth-order valence-corrected chi connectivity index (χ4v) is 2.70. The molecule has 0 spiro atoms. The van der Waals surface area contributed by atoms with E-state index in [2.05, 4.69) is 27.1 Å². The van der Waals surface area contributed by atoms with Gasteiger partial charge in [-0.2, -0.15) is 11.3 Å². The van der Waals surface area contributed by atoms with Crippen LogP contribution in [0.25, 0.3) is 0 Å². The van der Waals surface area contributed by atoms with Crippen molar-refractivity contribution in [1.82, 2.24) is 10.6 Å². The Morgan fingerprint density at radius 3 is 2.17 bits per heavy atom. The van der Waals surface area contributed by atoms with Gasteiger partial charge in [0.2, 0.25) is 5.75 Å². The third-order valence-electron chi connectivity index (χ3n) is 3.26. The van der Waals surface area contributed by atoms with Crippen molar-refractivity contribution in [3.05, 3.63) is 40.1 Å². The molecular formula is C16H22IN3O3S. The van der Waals surface area contributed by atoms with Gasteiger partial charge in [0.1, 0.15) is 0 Å². The number of guanidine groups is 1. The Kier molecular flexibility index (Phi) is 8.69. The molecule has 6 nitrogen and oxygen atoms in total. The summed E-state index contributed by atoms with van der Waals surface area (Å²) in [6, 6.07) is 5.59. The Morgan fingerprint density at radius 1 is 1.12 bits per heavy atom. The molecule has 0 fully saturated rings. The summed E-state index contributed by atoms with van der Waals surface area (Å²) in [5, 5.41) is 20.5. The van der Waals surface area contributed by atoms with E-state index in [1.807, 2.05) is 5.38 Å². The fourth-order valence-electron chi connectivity index (χ4n) is 2.04. The summed E-state index contributed by atoms with van der Waals surface area (Å²) in [4.78, 5) is 4.19. The molecule has 1 heterocycles. The highest BCUT2D eigenvalue weighted by atomic mass is 127. The summed E-state index contributed by atoms with van der Waals surface area (Å²) < 4.78 is 10.3. The van der Waals surface area contributed by atoms with Crippen LogP contribution >= 0.6 is 35.3 Å². The standard InChI is InChI=1S/C16H21N3O3S.HI/c1-17-16(18-8-11-4-5-23-10-11)19-9-12-6-13(21-2)15(20)14(7-12)22-3;/h4-7,10,20H,8-9H2,1-3H3,(H2,17,18,19);1H. The Bertz CT molecular complexity index is 638. The van der Waals surface area contributed by atoms with Gasteiger partial charge in [-0.05, 0) is 40.1 Å². The molecule has 3 N–H and O–H groups in total. The van der Waals surface area contributed by atoms with E-state index in [4.69, 9.17) is 9.47 Å². The molecule has 0 aliphatic rings. The van der Waals surface area contributed by atoms with Crippen molar-refractivity contribution in [2.45, 2.75) is 13.1 Å². The monoisotopic (exact) mass is 463 g/mol. The zero-order chi connectivity index (χ0) is 16.7. The lowest BCUT2D eigenvalue weighted by molar-refractivity contribution is 0.339. The maximum absolute atomic E-state index is 9.92. The summed E-state index contributed by atoms with van der Waals surface area (Å²) in [7, 11) is 4.74. The van der Waals surface area contributed by atoms with Gasteiger partial charge in [-0.3, -0.25) is 4.99 Å². The van der Waals surface area contributed by atoms with Crippen molar-refractivity contribution >= 4 is 41.3 Å². The number of ether oxygens (including phenoxy) is 2. The summed E-state index contributed by atoms with van der Waals surface area (Å²) in [5.74, 6) is 1.45. The lowest BCUT2D eigenvalue weighted by atomic mass is 10.2. The van der Waals surface area contributed by atoms with Gasteiger partial charge in [0.15, 0.2) is 17.5 Å². The first kappa shape index (κ1) is 20.4. The molecular weight excluding hydrogens is 441 g/mol. The van der Waals surface area contributed by atoms with E-state index in [9.17, 15) is 5.11 Å². The van der Waals surface area contributed by atoms with Crippen LogP contribution in [0.2, 0.25) is 0 Å². The van der Waals surface area contributed by atoms with Crippen LogP contribution in [0.3, 0.4) is 0 Å². The average molecular weight is 463 g/mol. The van der Waals surface area contributed by atoms with Crippen LogP contribution in [0.5, 0.6) is 17.2 Å². The summed E-state index contributed by atoms with van der Waals surface area (Å²) in [6.07, 6.45) is 0. The highest BCUT2D eigenvalue weighted by Crippen LogP contribution is 2.36. The second-order valence-corrected chi connectivity index (χ2v) is 5.54. The largest absolute Gasteiger partial charge is 0.502 e. The minimum atomic E-state index is -0.00119. The second-order valence-electron chi connectivity index (χ2n) is 4.76. The highest BCUT2D eigenvalue weighted by molar-refractivity contribution is 14.0. The number of aromatic hydroxyl groups is 1. The van der Waals surface area contributed by atoms with Crippen molar-refractivity contribution in [3.8, 4) is 17.2 Å². The molecule has 132 valence electrons. The maximum Gasteiger partial charge on any atom is 0.200 e. The van der Waals surface area contributed by atoms with Crippen LogP contribution in [-0.4, -0.2) is 32.3 Å². The summed E-state index contributed by atoms with van der Waals surface area (Å²) >= 11 is 1.67. The molecule has 0 radical (unpaired) electrons. The number of nitrogens with one attached hydrogen (secondary N) is 2. The van der Waals surface area contributed by atoms with E-state index in [0.717, 1.165) is 5.56 Å². The van der Waals surface area contributed by atoms with Gasteiger partial charge >= 0.3 is 0 Å². The molecule has 0 aliphatic heterocycles. The topological polar surface area (TPSA) is 75.1 Å². The number of nitrogens with zero attached hydrogens (tertiary/aromatic N) is 1. The third-order valence-corrected chi connectivity index (χ3v) is 4.00. The molecule has 0 aliphatic carbocycles.